The molecule has 0 aliphatic rings. The third-order valence-corrected chi connectivity index (χ3v) is 1.49. The van der Waals surface area contributed by atoms with Crippen molar-refractivity contribution >= 4 is 5.91 Å². The first kappa shape index (κ1) is 13.2. The number of hydrogen-bond donors (Lipinski definition) is 1. The van der Waals surface area contributed by atoms with Crippen LogP contribution in [-0.2, 0) is 4.79 Å². The van der Waals surface area contributed by atoms with Crippen LogP contribution in [0.25, 0.3) is 0 Å². The van der Waals surface area contributed by atoms with E-state index in [9.17, 15) is 22.4 Å². The highest BCUT2D eigenvalue weighted by atomic mass is 19.4. The molecule has 0 rings (SSSR count). The summed E-state index contributed by atoms with van der Waals surface area (Å²) in [6.07, 6.45) is -4.55. The fourth-order valence-electron chi connectivity index (χ4n) is 0.811. The molecule has 0 atom stereocenters. The Morgan fingerprint density at radius 1 is 1.21 bits per heavy atom. The Hall–Kier alpha value is -0.810. The third kappa shape index (κ3) is 6.68. The van der Waals surface area contributed by atoms with Gasteiger partial charge in [0.25, 0.3) is 0 Å². The highest BCUT2D eigenvalue weighted by Gasteiger charge is 2.38. The van der Waals surface area contributed by atoms with Crippen molar-refractivity contribution in [3.63, 3.8) is 0 Å². The smallest absolute Gasteiger partial charge is 0.348 e. The number of hydrogen-bond acceptors (Lipinski definition) is 1. The third-order valence-electron chi connectivity index (χ3n) is 1.49. The van der Waals surface area contributed by atoms with Crippen LogP contribution in [0.1, 0.15) is 26.7 Å². The van der Waals surface area contributed by atoms with Crippen molar-refractivity contribution in [1.29, 1.82) is 0 Å². The molecule has 14 heavy (non-hydrogen) atoms. The molecule has 0 unspecified atom stereocenters. The van der Waals surface area contributed by atoms with Crippen molar-refractivity contribution in [3.05, 3.63) is 0 Å². The second-order valence-electron chi connectivity index (χ2n) is 3.58. The van der Waals surface area contributed by atoms with E-state index in [0.29, 0.717) is 0 Å². The van der Waals surface area contributed by atoms with Crippen LogP contribution >= 0.6 is 0 Å². The minimum Gasteiger partial charge on any atom is -0.348 e. The zero-order valence-electron chi connectivity index (χ0n) is 8.04. The second-order valence-corrected chi connectivity index (χ2v) is 3.58. The van der Waals surface area contributed by atoms with Gasteiger partial charge in [-0.1, -0.05) is 0 Å². The largest absolute Gasteiger partial charge is 0.471 e. The van der Waals surface area contributed by atoms with Crippen LogP contribution in [0.3, 0.4) is 0 Å². The molecule has 0 heterocycles. The van der Waals surface area contributed by atoms with E-state index >= 15 is 0 Å². The van der Waals surface area contributed by atoms with Crippen molar-refractivity contribution in [2.75, 3.05) is 6.54 Å². The predicted octanol–water partition coefficient (Wildman–Crippen LogP) is 2.19. The number of rotatable bonds is 4. The Bertz CT molecular complexity index is 194. The maximum Gasteiger partial charge on any atom is 0.471 e. The average Bonchev–Trinajstić information content (AvgIpc) is 1.93. The van der Waals surface area contributed by atoms with Gasteiger partial charge in [0.1, 0.15) is 5.67 Å². The van der Waals surface area contributed by atoms with Gasteiger partial charge in [-0.3, -0.25) is 4.79 Å². The van der Waals surface area contributed by atoms with Crippen LogP contribution in [0.4, 0.5) is 17.6 Å². The molecule has 0 aromatic heterocycles. The first-order valence-electron chi connectivity index (χ1n) is 4.17. The quantitative estimate of drug-likeness (QED) is 0.565. The number of nitrogens with one attached hydrogen (secondary N) is 1. The van der Waals surface area contributed by atoms with E-state index in [4.69, 9.17) is 0 Å². The first-order chi connectivity index (χ1) is 6.13. The van der Waals surface area contributed by atoms with Crippen LogP contribution in [-0.4, -0.2) is 24.3 Å². The molecular weight excluding hydrogens is 202 g/mol. The molecule has 6 heteroatoms. The maximum atomic E-state index is 12.8. The Morgan fingerprint density at radius 3 is 2.07 bits per heavy atom. The Kier molecular flexibility index (Phi) is 4.35. The molecule has 2 nitrogen and oxygen atoms in total. The predicted molar refractivity (Wildman–Crippen MR) is 43.5 cm³/mol. The van der Waals surface area contributed by atoms with Gasteiger partial charge >= 0.3 is 12.1 Å². The van der Waals surface area contributed by atoms with E-state index in [2.05, 4.69) is 0 Å². The molecule has 1 N–H and O–H groups in total. The van der Waals surface area contributed by atoms with Crippen molar-refractivity contribution in [1.82, 2.24) is 5.32 Å². The minimum absolute atomic E-state index is 0.116. The molecular formula is C8H13F4NO. The van der Waals surface area contributed by atoms with E-state index in [1.54, 1.807) is 5.32 Å². The zero-order valence-corrected chi connectivity index (χ0v) is 8.04. The normalized spacial score (nSPS) is 12.7. The van der Waals surface area contributed by atoms with Gasteiger partial charge in [0.2, 0.25) is 0 Å². The van der Waals surface area contributed by atoms with Crippen molar-refractivity contribution in [2.45, 2.75) is 38.5 Å². The highest BCUT2D eigenvalue weighted by Crippen LogP contribution is 2.16. The zero-order chi connectivity index (χ0) is 11.4. The number of carbonyl (C=O) groups is 1. The fourth-order valence-corrected chi connectivity index (χ4v) is 0.811. The van der Waals surface area contributed by atoms with Crippen LogP contribution < -0.4 is 5.32 Å². The van der Waals surface area contributed by atoms with Crippen molar-refractivity contribution in [3.8, 4) is 0 Å². The molecule has 0 aliphatic carbocycles. The van der Waals surface area contributed by atoms with Gasteiger partial charge in [0.15, 0.2) is 0 Å². The molecule has 1 amide bonds. The van der Waals surface area contributed by atoms with Crippen LogP contribution in [0, 0.1) is 0 Å². The molecule has 0 aliphatic heterocycles. The molecule has 0 spiro atoms. The summed E-state index contributed by atoms with van der Waals surface area (Å²) in [5, 5.41) is 1.66. The van der Waals surface area contributed by atoms with Gasteiger partial charge in [-0.2, -0.15) is 13.2 Å². The van der Waals surface area contributed by atoms with Crippen molar-refractivity contribution in [2.24, 2.45) is 0 Å². The molecule has 0 saturated carbocycles. The number of alkyl halides is 4. The lowest BCUT2D eigenvalue weighted by Crippen LogP contribution is -2.37. The van der Waals surface area contributed by atoms with E-state index in [1.165, 1.54) is 13.8 Å². The molecule has 0 aromatic carbocycles. The van der Waals surface area contributed by atoms with Crippen LogP contribution in [0.2, 0.25) is 0 Å². The fraction of sp³-hybridized carbons (Fsp3) is 0.875. The molecule has 84 valence electrons. The van der Waals surface area contributed by atoms with E-state index in [-0.39, 0.29) is 19.4 Å². The van der Waals surface area contributed by atoms with E-state index in [0.717, 1.165) is 0 Å². The van der Waals surface area contributed by atoms with Gasteiger partial charge in [-0.25, -0.2) is 4.39 Å². The Balaban J connectivity index is 3.62. The maximum absolute atomic E-state index is 12.8. The highest BCUT2D eigenvalue weighted by molar-refractivity contribution is 5.81. The van der Waals surface area contributed by atoms with E-state index < -0.39 is 17.8 Å². The summed E-state index contributed by atoms with van der Waals surface area (Å²) in [5.74, 6) is -1.98. The standard InChI is InChI=1S/C8H13F4NO/c1-7(2,9)4-3-5-13-6(14)8(10,11)12/h3-5H2,1-2H3,(H,13,14). The topological polar surface area (TPSA) is 29.1 Å². The number of halogens is 4. The summed E-state index contributed by atoms with van der Waals surface area (Å²) < 4.78 is 47.7. The molecule has 0 bridgehead atoms. The second kappa shape index (κ2) is 4.61. The summed E-state index contributed by atoms with van der Waals surface area (Å²) in [6, 6.07) is 0. The van der Waals surface area contributed by atoms with E-state index in [1.807, 2.05) is 0 Å². The Morgan fingerprint density at radius 2 is 1.71 bits per heavy atom. The number of carbonyl (C=O) groups excluding carboxylic acids is 1. The number of amides is 1. The first-order valence-corrected chi connectivity index (χ1v) is 4.17. The minimum atomic E-state index is -4.86. The van der Waals surface area contributed by atoms with Gasteiger partial charge < -0.3 is 5.32 Å². The lowest BCUT2D eigenvalue weighted by atomic mass is 10.1. The van der Waals surface area contributed by atoms with Gasteiger partial charge in [0, 0.05) is 6.54 Å². The average molecular weight is 215 g/mol. The molecule has 0 radical (unpaired) electrons. The van der Waals surface area contributed by atoms with Crippen LogP contribution in [0.5, 0.6) is 0 Å². The monoisotopic (exact) mass is 215 g/mol. The van der Waals surface area contributed by atoms with Crippen molar-refractivity contribution < 1.29 is 22.4 Å². The summed E-state index contributed by atoms with van der Waals surface area (Å²) in [7, 11) is 0. The van der Waals surface area contributed by atoms with Gasteiger partial charge in [0.05, 0.1) is 0 Å². The summed E-state index contributed by atoms with van der Waals surface area (Å²) >= 11 is 0. The molecule has 0 fully saturated rings. The molecule has 0 aromatic rings. The summed E-state index contributed by atoms with van der Waals surface area (Å²) in [6.45, 7) is 2.50. The lowest BCUT2D eigenvalue weighted by molar-refractivity contribution is -0.173. The molecule has 0 saturated heterocycles. The SMILES string of the molecule is CC(C)(F)CCCNC(=O)C(F)(F)F. The lowest BCUT2D eigenvalue weighted by Gasteiger charge is -2.13. The summed E-state index contributed by atoms with van der Waals surface area (Å²) in [5.41, 5.74) is -1.41. The summed E-state index contributed by atoms with van der Waals surface area (Å²) in [4.78, 5) is 10.3. The van der Waals surface area contributed by atoms with Gasteiger partial charge in [-0.05, 0) is 26.7 Å². The van der Waals surface area contributed by atoms with Crippen LogP contribution in [0.15, 0.2) is 0 Å². The van der Waals surface area contributed by atoms with Gasteiger partial charge in [-0.15, -0.1) is 0 Å². The Labute approximate surface area is 79.7 Å².